The van der Waals surface area contributed by atoms with Crippen molar-refractivity contribution in [2.45, 2.75) is 52.1 Å². The first-order valence-electron chi connectivity index (χ1n) is 8.02. The zero-order valence-corrected chi connectivity index (χ0v) is 15.6. The SMILES string of the molecule is CC(C)(C)OC(=O)NCCC(CC(=O)c1ccccc1Cl)C(C)(F)F. The highest BCUT2D eigenvalue weighted by molar-refractivity contribution is 6.33. The van der Waals surface area contributed by atoms with Crippen molar-refractivity contribution >= 4 is 23.5 Å². The molecule has 1 atom stereocenters. The Morgan fingerprint density at radius 3 is 2.32 bits per heavy atom. The molecule has 0 saturated carbocycles. The monoisotopic (exact) mass is 375 g/mol. The molecule has 0 saturated heterocycles. The molecule has 4 nitrogen and oxygen atoms in total. The molecule has 0 aromatic heterocycles. The van der Waals surface area contributed by atoms with Crippen LogP contribution >= 0.6 is 11.6 Å². The van der Waals surface area contributed by atoms with Gasteiger partial charge in [0.2, 0.25) is 5.92 Å². The van der Waals surface area contributed by atoms with Gasteiger partial charge in [0.25, 0.3) is 0 Å². The standard InChI is InChI=1S/C18H24ClF2NO3/c1-17(2,3)25-16(24)22-10-9-12(18(4,20)21)11-15(23)13-7-5-6-8-14(13)19/h5-8,12H,9-11H2,1-4H3,(H,22,24). The summed E-state index contributed by atoms with van der Waals surface area (Å²) in [7, 11) is 0. The first-order valence-corrected chi connectivity index (χ1v) is 8.40. The van der Waals surface area contributed by atoms with Crippen molar-refractivity contribution in [2.75, 3.05) is 6.54 Å². The van der Waals surface area contributed by atoms with Crippen LogP contribution in [0, 0.1) is 5.92 Å². The van der Waals surface area contributed by atoms with Crippen LogP contribution in [0.15, 0.2) is 24.3 Å². The lowest BCUT2D eigenvalue weighted by Gasteiger charge is -2.24. The molecular weight excluding hydrogens is 352 g/mol. The van der Waals surface area contributed by atoms with E-state index in [0.717, 1.165) is 6.92 Å². The number of nitrogens with one attached hydrogen (secondary N) is 1. The molecular formula is C18H24ClF2NO3. The number of carbonyl (C=O) groups excluding carboxylic acids is 2. The molecule has 0 fully saturated rings. The van der Waals surface area contributed by atoms with Crippen molar-refractivity contribution in [1.29, 1.82) is 0 Å². The topological polar surface area (TPSA) is 55.4 Å². The number of amides is 1. The molecule has 0 radical (unpaired) electrons. The van der Waals surface area contributed by atoms with E-state index in [4.69, 9.17) is 16.3 Å². The summed E-state index contributed by atoms with van der Waals surface area (Å²) < 4.78 is 32.7. The van der Waals surface area contributed by atoms with Crippen LogP contribution in [0.25, 0.3) is 0 Å². The van der Waals surface area contributed by atoms with Crippen LogP contribution in [0.1, 0.15) is 50.9 Å². The summed E-state index contributed by atoms with van der Waals surface area (Å²) >= 11 is 5.94. The van der Waals surface area contributed by atoms with Crippen molar-refractivity contribution < 1.29 is 23.1 Å². The second-order valence-corrected chi connectivity index (χ2v) is 7.38. The highest BCUT2D eigenvalue weighted by Crippen LogP contribution is 2.31. The Labute approximate surface area is 151 Å². The lowest BCUT2D eigenvalue weighted by atomic mass is 9.90. The smallest absolute Gasteiger partial charge is 0.407 e. The normalized spacial score (nSPS) is 13.2. The summed E-state index contributed by atoms with van der Waals surface area (Å²) in [5, 5.41) is 2.67. The van der Waals surface area contributed by atoms with Gasteiger partial charge in [0.15, 0.2) is 5.78 Å². The Morgan fingerprint density at radius 2 is 1.80 bits per heavy atom. The Hall–Kier alpha value is -1.69. The van der Waals surface area contributed by atoms with Crippen molar-refractivity contribution in [1.82, 2.24) is 5.32 Å². The number of ketones is 1. The maximum Gasteiger partial charge on any atom is 0.407 e. The maximum atomic E-state index is 13.8. The Balaban J connectivity index is 2.66. The molecule has 1 amide bonds. The molecule has 0 bridgehead atoms. The van der Waals surface area contributed by atoms with Gasteiger partial charge in [0.1, 0.15) is 5.60 Å². The van der Waals surface area contributed by atoms with Gasteiger partial charge in [-0.15, -0.1) is 0 Å². The van der Waals surface area contributed by atoms with Gasteiger partial charge >= 0.3 is 6.09 Å². The van der Waals surface area contributed by atoms with E-state index in [0.29, 0.717) is 0 Å². The Bertz CT molecular complexity index is 609. The molecule has 0 heterocycles. The summed E-state index contributed by atoms with van der Waals surface area (Å²) in [4.78, 5) is 23.9. The molecule has 7 heteroatoms. The van der Waals surface area contributed by atoms with E-state index >= 15 is 0 Å². The van der Waals surface area contributed by atoms with Crippen LogP contribution in [0.5, 0.6) is 0 Å². The first-order chi connectivity index (χ1) is 11.4. The number of halogens is 3. The average molecular weight is 376 g/mol. The van der Waals surface area contributed by atoms with Crippen LogP contribution < -0.4 is 5.32 Å². The first kappa shape index (κ1) is 21.4. The average Bonchev–Trinajstić information content (AvgIpc) is 2.43. The zero-order chi connectivity index (χ0) is 19.3. The third-order valence-electron chi connectivity index (χ3n) is 3.48. The molecule has 140 valence electrons. The third kappa shape index (κ3) is 7.82. The van der Waals surface area contributed by atoms with E-state index in [9.17, 15) is 18.4 Å². The van der Waals surface area contributed by atoms with E-state index in [2.05, 4.69) is 5.32 Å². The number of rotatable bonds is 7. The summed E-state index contributed by atoms with van der Waals surface area (Å²) in [5.74, 6) is -4.73. The Kier molecular flexibility index (Phi) is 7.35. The lowest BCUT2D eigenvalue weighted by molar-refractivity contribution is -0.0432. The molecule has 1 aromatic carbocycles. The van der Waals surface area contributed by atoms with E-state index in [1.807, 2.05) is 0 Å². The van der Waals surface area contributed by atoms with Gasteiger partial charge < -0.3 is 10.1 Å². The number of carbonyl (C=O) groups is 2. The van der Waals surface area contributed by atoms with E-state index in [1.54, 1.807) is 32.9 Å². The minimum Gasteiger partial charge on any atom is -0.444 e. The fourth-order valence-corrected chi connectivity index (χ4v) is 2.46. The quantitative estimate of drug-likeness (QED) is 0.674. The number of hydrogen-bond acceptors (Lipinski definition) is 3. The van der Waals surface area contributed by atoms with E-state index in [-0.39, 0.29) is 30.0 Å². The minimum absolute atomic E-state index is 0.0151. The van der Waals surface area contributed by atoms with Gasteiger partial charge in [-0.2, -0.15) is 0 Å². The number of Topliss-reactive ketones (excluding diaryl/α,β-unsaturated/α-hetero) is 1. The minimum atomic E-state index is -3.06. The largest absolute Gasteiger partial charge is 0.444 e. The van der Waals surface area contributed by atoms with Gasteiger partial charge in [0, 0.05) is 24.4 Å². The van der Waals surface area contributed by atoms with Gasteiger partial charge in [-0.25, -0.2) is 13.6 Å². The summed E-state index contributed by atoms with van der Waals surface area (Å²) in [6.07, 6.45) is -1.09. The molecule has 1 aromatic rings. The fourth-order valence-electron chi connectivity index (χ4n) is 2.22. The molecule has 25 heavy (non-hydrogen) atoms. The van der Waals surface area contributed by atoms with E-state index < -0.39 is 29.3 Å². The lowest BCUT2D eigenvalue weighted by Crippen LogP contribution is -2.35. The third-order valence-corrected chi connectivity index (χ3v) is 3.81. The number of benzene rings is 1. The highest BCUT2D eigenvalue weighted by atomic mass is 35.5. The Morgan fingerprint density at radius 1 is 1.20 bits per heavy atom. The number of ether oxygens (including phenoxy) is 1. The molecule has 0 aliphatic heterocycles. The van der Waals surface area contributed by atoms with Crippen LogP contribution in [0.2, 0.25) is 5.02 Å². The molecule has 0 spiro atoms. The second kappa shape index (κ2) is 8.61. The van der Waals surface area contributed by atoms with Gasteiger partial charge in [-0.3, -0.25) is 4.79 Å². The van der Waals surface area contributed by atoms with Crippen LogP contribution in [-0.4, -0.2) is 29.9 Å². The molecule has 1 N–H and O–H groups in total. The van der Waals surface area contributed by atoms with Crippen LogP contribution in [-0.2, 0) is 4.74 Å². The van der Waals surface area contributed by atoms with Crippen LogP contribution in [0.3, 0.4) is 0 Å². The van der Waals surface area contributed by atoms with Gasteiger partial charge in [-0.1, -0.05) is 23.7 Å². The van der Waals surface area contributed by atoms with E-state index in [1.165, 1.54) is 12.1 Å². The highest BCUT2D eigenvalue weighted by Gasteiger charge is 2.35. The van der Waals surface area contributed by atoms with Gasteiger partial charge in [0.05, 0.1) is 5.02 Å². The molecule has 1 rings (SSSR count). The number of alkyl carbamates (subject to hydrolysis) is 1. The maximum absolute atomic E-state index is 13.8. The summed E-state index contributed by atoms with van der Waals surface area (Å²) in [6.45, 7) is 5.87. The predicted molar refractivity (Wildman–Crippen MR) is 93.4 cm³/mol. The van der Waals surface area contributed by atoms with Gasteiger partial charge in [-0.05, 0) is 46.2 Å². The molecule has 1 unspecified atom stereocenters. The summed E-state index contributed by atoms with van der Waals surface area (Å²) in [5.41, 5.74) is -0.448. The predicted octanol–water partition coefficient (Wildman–Crippen LogP) is 5.10. The van der Waals surface area contributed by atoms with Crippen molar-refractivity contribution in [3.63, 3.8) is 0 Å². The second-order valence-electron chi connectivity index (χ2n) is 6.98. The number of alkyl halides is 2. The zero-order valence-electron chi connectivity index (χ0n) is 14.9. The summed E-state index contributed by atoms with van der Waals surface area (Å²) in [6, 6.07) is 6.34. The number of hydrogen-bond donors (Lipinski definition) is 1. The molecule has 0 aliphatic rings. The van der Waals surface area contributed by atoms with Crippen molar-refractivity contribution in [3.8, 4) is 0 Å². The molecule has 0 aliphatic carbocycles. The van der Waals surface area contributed by atoms with Crippen molar-refractivity contribution in [3.05, 3.63) is 34.9 Å². The fraction of sp³-hybridized carbons (Fsp3) is 0.556. The van der Waals surface area contributed by atoms with Crippen LogP contribution in [0.4, 0.5) is 13.6 Å². The van der Waals surface area contributed by atoms with Crippen molar-refractivity contribution in [2.24, 2.45) is 5.92 Å².